The molecule has 1 saturated heterocycles. The topological polar surface area (TPSA) is 110 Å². The lowest BCUT2D eigenvalue weighted by Gasteiger charge is -2.39. The zero-order chi connectivity index (χ0) is 25.4. The molecule has 1 unspecified atom stereocenters. The number of carboxylic acid groups (broad SMARTS) is 1. The summed E-state index contributed by atoms with van der Waals surface area (Å²) in [6, 6.07) is 7.88. The Hall–Kier alpha value is -4.21. The number of nitrogens with one attached hydrogen (secondary N) is 2. The molecule has 1 aliphatic rings. The molecule has 5 rings (SSSR count). The summed E-state index contributed by atoms with van der Waals surface area (Å²) in [7, 11) is 0. The van der Waals surface area contributed by atoms with E-state index in [0.717, 1.165) is 33.5 Å². The Morgan fingerprint density at radius 3 is 2.67 bits per heavy atom. The molecule has 0 spiro atoms. The molecule has 0 aliphatic carbocycles. The van der Waals surface area contributed by atoms with E-state index in [4.69, 9.17) is 4.98 Å². The van der Waals surface area contributed by atoms with Crippen LogP contribution >= 0.6 is 0 Å². The average molecular weight is 490 g/mol. The van der Waals surface area contributed by atoms with Crippen molar-refractivity contribution < 1.29 is 14.3 Å². The van der Waals surface area contributed by atoms with E-state index in [0.29, 0.717) is 31.3 Å². The third-order valence-corrected chi connectivity index (χ3v) is 6.56. The normalized spacial score (nSPS) is 16.1. The molecule has 3 aromatic heterocycles. The van der Waals surface area contributed by atoms with Gasteiger partial charge >= 0.3 is 6.09 Å². The average Bonchev–Trinajstić information content (AvgIpc) is 3.29. The molecule has 1 atom stereocenters. The predicted octanol–water partition coefficient (Wildman–Crippen LogP) is 5.21. The summed E-state index contributed by atoms with van der Waals surface area (Å²) < 4.78 is 13.4. The maximum atomic E-state index is 13.4. The highest BCUT2D eigenvalue weighted by Crippen LogP contribution is 2.36. The van der Waals surface area contributed by atoms with Crippen LogP contribution < -0.4 is 10.2 Å². The van der Waals surface area contributed by atoms with Gasteiger partial charge in [0.2, 0.25) is 0 Å². The van der Waals surface area contributed by atoms with E-state index in [1.165, 1.54) is 17.0 Å². The molecule has 3 N–H and O–H groups in total. The zero-order valence-electron chi connectivity index (χ0n) is 20.4. The van der Waals surface area contributed by atoms with Gasteiger partial charge in [0.1, 0.15) is 17.3 Å². The number of benzene rings is 1. The van der Waals surface area contributed by atoms with Crippen LogP contribution in [-0.2, 0) is 0 Å². The van der Waals surface area contributed by atoms with E-state index in [1.807, 2.05) is 25.4 Å². The number of nitrogens with zero attached hydrogens (tertiary/aromatic N) is 5. The molecule has 4 aromatic rings. The molecule has 1 aliphatic heterocycles. The van der Waals surface area contributed by atoms with Crippen LogP contribution in [0, 0.1) is 5.82 Å². The molecule has 0 radical (unpaired) electrons. The Labute approximate surface area is 208 Å². The van der Waals surface area contributed by atoms with Gasteiger partial charge in [0.25, 0.3) is 0 Å². The minimum Gasteiger partial charge on any atom is -0.465 e. The lowest BCUT2D eigenvalue weighted by molar-refractivity contribution is 0.123. The maximum Gasteiger partial charge on any atom is 0.407 e. The molecule has 1 aromatic carbocycles. The van der Waals surface area contributed by atoms with Crippen molar-refractivity contribution in [3.8, 4) is 11.4 Å². The first kappa shape index (κ1) is 23.5. The van der Waals surface area contributed by atoms with Gasteiger partial charge in [-0.3, -0.25) is 0 Å². The van der Waals surface area contributed by atoms with Gasteiger partial charge in [-0.2, -0.15) is 0 Å². The van der Waals surface area contributed by atoms with E-state index in [2.05, 4.69) is 39.0 Å². The van der Waals surface area contributed by atoms with Crippen LogP contribution in [0.5, 0.6) is 0 Å². The van der Waals surface area contributed by atoms with E-state index >= 15 is 0 Å². The van der Waals surface area contributed by atoms with Gasteiger partial charge in [0, 0.05) is 55.4 Å². The number of carbonyl (C=O) groups is 1. The fraction of sp³-hybridized carbons (Fsp3) is 0.308. The van der Waals surface area contributed by atoms with Crippen LogP contribution in [0.25, 0.3) is 22.4 Å². The van der Waals surface area contributed by atoms with Crippen molar-refractivity contribution in [3.63, 3.8) is 0 Å². The number of anilines is 3. The standard InChI is InChI=1S/C26H28FN7O2/c1-15(2)19-12-29-23(17-4-6-18(27)7-5-17)32-24(19)31-20-8-9-28-25-22(20)21(13-30-25)33-10-11-34(26(35)36)16(3)14-33/h4-9,12-13,15-16H,10-11,14H2,1-3H3,(H,35,36)(H2,28,29,30,31,32). The van der Waals surface area contributed by atoms with Crippen LogP contribution in [-0.4, -0.2) is 61.7 Å². The zero-order valence-corrected chi connectivity index (χ0v) is 20.4. The Balaban J connectivity index is 1.53. The van der Waals surface area contributed by atoms with Crippen molar-refractivity contribution in [1.82, 2.24) is 24.8 Å². The fourth-order valence-corrected chi connectivity index (χ4v) is 4.63. The van der Waals surface area contributed by atoms with Gasteiger partial charge in [-0.15, -0.1) is 0 Å². The van der Waals surface area contributed by atoms with Crippen molar-refractivity contribution in [1.29, 1.82) is 0 Å². The second-order valence-corrected chi connectivity index (χ2v) is 9.31. The molecule has 1 amide bonds. The van der Waals surface area contributed by atoms with Crippen molar-refractivity contribution in [2.24, 2.45) is 0 Å². The van der Waals surface area contributed by atoms with Gasteiger partial charge in [-0.25, -0.2) is 24.1 Å². The summed E-state index contributed by atoms with van der Waals surface area (Å²) in [5.41, 5.74) is 4.18. The third-order valence-electron chi connectivity index (χ3n) is 6.56. The molecule has 1 fully saturated rings. The first-order valence-electron chi connectivity index (χ1n) is 11.9. The summed E-state index contributed by atoms with van der Waals surface area (Å²) >= 11 is 0. The van der Waals surface area contributed by atoms with E-state index in [9.17, 15) is 14.3 Å². The fourth-order valence-electron chi connectivity index (χ4n) is 4.63. The SMILES string of the molecule is CC(C)c1cnc(-c2ccc(F)cc2)nc1Nc1ccnc2[nH]cc(N3CCN(C(=O)O)C(C)C3)c12. The van der Waals surface area contributed by atoms with E-state index in [1.54, 1.807) is 18.3 Å². The second-order valence-electron chi connectivity index (χ2n) is 9.31. The highest BCUT2D eigenvalue weighted by molar-refractivity contribution is 6.01. The summed E-state index contributed by atoms with van der Waals surface area (Å²) in [6.45, 7) is 7.66. The summed E-state index contributed by atoms with van der Waals surface area (Å²) in [5, 5.41) is 13.9. The molecule has 0 saturated carbocycles. The maximum absolute atomic E-state index is 13.4. The largest absolute Gasteiger partial charge is 0.465 e. The Kier molecular flexibility index (Phi) is 6.17. The lowest BCUT2D eigenvalue weighted by atomic mass is 10.1. The van der Waals surface area contributed by atoms with Gasteiger partial charge in [-0.1, -0.05) is 13.8 Å². The molecular weight excluding hydrogens is 461 g/mol. The summed E-state index contributed by atoms with van der Waals surface area (Å²) in [4.78, 5) is 32.2. The van der Waals surface area contributed by atoms with E-state index in [-0.39, 0.29) is 17.8 Å². The number of piperazine rings is 1. The molecule has 186 valence electrons. The Morgan fingerprint density at radius 2 is 1.97 bits per heavy atom. The molecule has 36 heavy (non-hydrogen) atoms. The van der Waals surface area contributed by atoms with E-state index < -0.39 is 6.09 Å². The predicted molar refractivity (Wildman–Crippen MR) is 137 cm³/mol. The molecule has 4 heterocycles. The molecule has 0 bridgehead atoms. The Bertz CT molecular complexity index is 1400. The molecular formula is C26H28FN7O2. The number of aromatic nitrogens is 4. The number of hydrogen-bond donors (Lipinski definition) is 3. The number of rotatable bonds is 5. The van der Waals surface area contributed by atoms with Crippen molar-refractivity contribution in [2.45, 2.75) is 32.7 Å². The number of H-pyrrole nitrogens is 1. The van der Waals surface area contributed by atoms with Crippen LogP contribution in [0.4, 0.5) is 26.4 Å². The minimum atomic E-state index is -0.896. The monoisotopic (exact) mass is 489 g/mol. The lowest BCUT2D eigenvalue weighted by Crippen LogP contribution is -2.53. The summed E-state index contributed by atoms with van der Waals surface area (Å²) in [5.74, 6) is 1.03. The number of aromatic amines is 1. The third kappa shape index (κ3) is 4.41. The van der Waals surface area contributed by atoms with Crippen molar-refractivity contribution in [2.75, 3.05) is 29.9 Å². The second kappa shape index (κ2) is 9.44. The molecule has 9 nitrogen and oxygen atoms in total. The van der Waals surface area contributed by atoms with Crippen molar-refractivity contribution >= 4 is 34.3 Å². The number of amides is 1. The van der Waals surface area contributed by atoms with Gasteiger partial charge in [-0.05, 0) is 43.2 Å². The quantitative estimate of drug-likeness (QED) is 0.353. The summed E-state index contributed by atoms with van der Waals surface area (Å²) in [6.07, 6.45) is 4.56. The first-order chi connectivity index (χ1) is 17.3. The smallest absolute Gasteiger partial charge is 0.407 e. The minimum absolute atomic E-state index is 0.137. The van der Waals surface area contributed by atoms with Crippen LogP contribution in [0.3, 0.4) is 0 Å². The number of fused-ring (bicyclic) bond motifs is 1. The van der Waals surface area contributed by atoms with Crippen LogP contribution in [0.15, 0.2) is 48.9 Å². The highest BCUT2D eigenvalue weighted by Gasteiger charge is 2.29. The number of hydrogen-bond acceptors (Lipinski definition) is 6. The van der Waals surface area contributed by atoms with Gasteiger partial charge < -0.3 is 25.2 Å². The van der Waals surface area contributed by atoms with Gasteiger partial charge in [0.15, 0.2) is 5.82 Å². The van der Waals surface area contributed by atoms with Crippen molar-refractivity contribution in [3.05, 3.63) is 60.3 Å². The molecule has 10 heteroatoms. The first-order valence-corrected chi connectivity index (χ1v) is 11.9. The number of pyridine rings is 1. The van der Waals surface area contributed by atoms with Gasteiger partial charge in [0.05, 0.1) is 16.8 Å². The number of halogens is 1. The van der Waals surface area contributed by atoms with Crippen LogP contribution in [0.2, 0.25) is 0 Å². The highest BCUT2D eigenvalue weighted by atomic mass is 19.1. The Morgan fingerprint density at radius 1 is 1.19 bits per heavy atom. The van der Waals surface area contributed by atoms with Crippen LogP contribution in [0.1, 0.15) is 32.3 Å².